The Bertz CT molecular complexity index is 359. The number of carboxylic acids is 1. The number of unbranched alkanes of at least 4 members (excludes halogenated alkanes) is 1. The van der Waals surface area contributed by atoms with Gasteiger partial charge in [0.25, 0.3) is 0 Å². The van der Waals surface area contributed by atoms with Crippen molar-refractivity contribution in [2.24, 2.45) is 4.99 Å². The molecule has 0 heterocycles. The third kappa shape index (κ3) is 11.8. The molecular weight excluding hydrogens is 279 g/mol. The number of rotatable bonds is 11. The first-order chi connectivity index (χ1) is 9.88. The number of hydrogen-bond acceptors (Lipinski definition) is 5. The summed E-state index contributed by atoms with van der Waals surface area (Å²) in [6.45, 7) is 5.31. The molecule has 0 saturated heterocycles. The zero-order valence-electron chi connectivity index (χ0n) is 14.2. The van der Waals surface area contributed by atoms with Crippen molar-refractivity contribution in [1.82, 2.24) is 4.90 Å². The van der Waals surface area contributed by atoms with Crippen molar-refractivity contribution in [2.75, 3.05) is 13.2 Å². The smallest absolute Gasteiger partial charge is 0.862 e. The first-order valence-corrected chi connectivity index (χ1v) is 7.38. The van der Waals surface area contributed by atoms with Gasteiger partial charge in [-0.25, -0.2) is 0 Å². The van der Waals surface area contributed by atoms with E-state index in [4.69, 9.17) is 5.11 Å². The molecule has 122 valence electrons. The Labute approximate surface area is 145 Å². The SMILES string of the molecule is CC/C=C/CCCC([O-])=NCN(CC(C)O)C(C)C(=O)O.[Li+]. The van der Waals surface area contributed by atoms with Gasteiger partial charge in [0.2, 0.25) is 0 Å². The van der Waals surface area contributed by atoms with Crippen LogP contribution in [0.4, 0.5) is 0 Å². The Hall–Kier alpha value is -0.803. The zero-order valence-corrected chi connectivity index (χ0v) is 14.2. The second-order valence-corrected chi connectivity index (χ2v) is 5.10. The van der Waals surface area contributed by atoms with Crippen LogP contribution in [0.5, 0.6) is 0 Å². The number of aliphatic hydroxyl groups excluding tert-OH is 1. The number of carboxylic acid groups (broad SMARTS) is 1. The average molecular weight is 306 g/mol. The summed E-state index contributed by atoms with van der Waals surface area (Å²) in [7, 11) is 0. The maximum Gasteiger partial charge on any atom is 1.00 e. The summed E-state index contributed by atoms with van der Waals surface area (Å²) in [6, 6.07) is -0.788. The molecule has 2 atom stereocenters. The Morgan fingerprint density at radius 1 is 1.36 bits per heavy atom. The fourth-order valence-corrected chi connectivity index (χ4v) is 1.74. The summed E-state index contributed by atoms with van der Waals surface area (Å²) in [5.74, 6) is -1.23. The standard InChI is InChI=1S/C15H28N2O4.Li/c1-4-5-6-7-8-9-14(19)16-11-17(10-12(2)18)13(3)15(20)21;/h5-6,12-13,18H,4,7-11H2,1-3H3,(H,16,19)(H,20,21);/q;+1/p-1/b6-5+;. The van der Waals surface area contributed by atoms with Gasteiger partial charge in [0, 0.05) is 6.54 Å². The molecule has 0 aromatic rings. The Kier molecular flexibility index (Phi) is 14.8. The first kappa shape index (κ1) is 23.5. The number of aliphatic carboxylic acids is 1. The molecule has 0 fully saturated rings. The zero-order chi connectivity index (χ0) is 16.3. The first-order valence-electron chi connectivity index (χ1n) is 7.38. The molecule has 6 nitrogen and oxygen atoms in total. The largest absolute Gasteiger partial charge is 1.00 e. The van der Waals surface area contributed by atoms with Gasteiger partial charge < -0.3 is 15.3 Å². The van der Waals surface area contributed by atoms with Crippen LogP contribution in [0.3, 0.4) is 0 Å². The summed E-state index contributed by atoms with van der Waals surface area (Å²) in [5.41, 5.74) is 0. The normalized spacial score (nSPS) is 14.9. The number of hydrogen-bond donors (Lipinski definition) is 2. The van der Waals surface area contributed by atoms with Crippen molar-refractivity contribution < 1.29 is 39.0 Å². The molecule has 0 aliphatic carbocycles. The van der Waals surface area contributed by atoms with E-state index in [9.17, 15) is 15.0 Å². The molecule has 0 radical (unpaired) electrons. The molecule has 0 amide bonds. The fraction of sp³-hybridized carbons (Fsp3) is 0.733. The molecule has 7 heteroatoms. The van der Waals surface area contributed by atoms with Crippen molar-refractivity contribution in [3.63, 3.8) is 0 Å². The van der Waals surface area contributed by atoms with Crippen LogP contribution in [0.25, 0.3) is 0 Å². The van der Waals surface area contributed by atoms with E-state index in [0.29, 0.717) is 6.42 Å². The van der Waals surface area contributed by atoms with Crippen LogP contribution in [-0.2, 0) is 4.79 Å². The van der Waals surface area contributed by atoms with Crippen LogP contribution < -0.4 is 24.0 Å². The van der Waals surface area contributed by atoms with Gasteiger partial charge in [-0.1, -0.05) is 19.1 Å². The molecule has 2 N–H and O–H groups in total. The van der Waals surface area contributed by atoms with Crippen LogP contribution in [0.15, 0.2) is 17.1 Å². The third-order valence-electron chi connectivity index (χ3n) is 3.00. The van der Waals surface area contributed by atoms with E-state index in [-0.39, 0.29) is 38.0 Å². The van der Waals surface area contributed by atoms with E-state index in [1.165, 1.54) is 11.8 Å². The van der Waals surface area contributed by atoms with E-state index in [1.54, 1.807) is 6.92 Å². The van der Waals surface area contributed by atoms with Gasteiger partial charge in [0.15, 0.2) is 0 Å². The molecule has 0 spiro atoms. The molecule has 0 aromatic carbocycles. The van der Waals surface area contributed by atoms with E-state index < -0.39 is 18.1 Å². The van der Waals surface area contributed by atoms with E-state index in [0.717, 1.165) is 19.3 Å². The summed E-state index contributed by atoms with van der Waals surface area (Å²) in [5, 5.41) is 30.0. The summed E-state index contributed by atoms with van der Waals surface area (Å²) in [6.07, 6.45) is 6.36. The van der Waals surface area contributed by atoms with Crippen molar-refractivity contribution in [1.29, 1.82) is 0 Å². The Balaban J connectivity index is 0. The topological polar surface area (TPSA) is 96.2 Å². The van der Waals surface area contributed by atoms with Gasteiger partial charge in [0.1, 0.15) is 6.04 Å². The number of aliphatic hydroxyl groups is 1. The van der Waals surface area contributed by atoms with Gasteiger partial charge in [-0.3, -0.25) is 14.7 Å². The molecule has 0 aromatic heterocycles. The predicted octanol–water partition coefficient (Wildman–Crippen LogP) is -2.00. The molecule has 0 saturated carbocycles. The monoisotopic (exact) mass is 306 g/mol. The van der Waals surface area contributed by atoms with Gasteiger partial charge in [-0.15, -0.1) is 0 Å². The maximum absolute atomic E-state index is 11.6. The fourth-order valence-electron chi connectivity index (χ4n) is 1.74. The number of allylic oxidation sites excluding steroid dienone is 2. The Morgan fingerprint density at radius 2 is 2.00 bits per heavy atom. The van der Waals surface area contributed by atoms with Crippen molar-refractivity contribution in [3.05, 3.63) is 12.2 Å². The van der Waals surface area contributed by atoms with Gasteiger partial charge in [-0.05, 0) is 45.4 Å². The predicted molar refractivity (Wildman–Crippen MR) is 81.1 cm³/mol. The van der Waals surface area contributed by atoms with Gasteiger partial charge in [-0.2, -0.15) is 0 Å². The van der Waals surface area contributed by atoms with Gasteiger partial charge >= 0.3 is 24.8 Å². The second-order valence-electron chi connectivity index (χ2n) is 5.10. The van der Waals surface area contributed by atoms with Crippen LogP contribution in [0.2, 0.25) is 0 Å². The van der Waals surface area contributed by atoms with Crippen LogP contribution in [-0.4, -0.2) is 52.3 Å². The van der Waals surface area contributed by atoms with Crippen molar-refractivity contribution in [2.45, 2.75) is 58.6 Å². The number of aliphatic imine (C=N–C) groups is 1. The van der Waals surface area contributed by atoms with E-state index in [2.05, 4.69) is 18.0 Å². The van der Waals surface area contributed by atoms with E-state index >= 15 is 0 Å². The summed E-state index contributed by atoms with van der Waals surface area (Å²) < 4.78 is 0. The van der Waals surface area contributed by atoms with Crippen molar-refractivity contribution >= 4 is 11.9 Å². The quantitative estimate of drug-likeness (QED) is 0.151. The van der Waals surface area contributed by atoms with E-state index in [1.807, 2.05) is 6.08 Å². The second kappa shape index (κ2) is 13.8. The van der Waals surface area contributed by atoms with Crippen LogP contribution in [0.1, 0.15) is 46.5 Å². The molecule has 0 bridgehead atoms. The summed E-state index contributed by atoms with van der Waals surface area (Å²) in [4.78, 5) is 16.3. The van der Waals surface area contributed by atoms with Crippen LogP contribution >= 0.6 is 0 Å². The molecule has 2 unspecified atom stereocenters. The minimum Gasteiger partial charge on any atom is -0.862 e. The van der Waals surface area contributed by atoms with Crippen molar-refractivity contribution in [3.8, 4) is 0 Å². The third-order valence-corrected chi connectivity index (χ3v) is 3.00. The molecule has 0 rings (SSSR count). The summed E-state index contributed by atoms with van der Waals surface area (Å²) >= 11 is 0. The maximum atomic E-state index is 11.6. The molecule has 22 heavy (non-hydrogen) atoms. The Morgan fingerprint density at radius 3 is 2.50 bits per heavy atom. The number of carbonyl (C=O) groups is 1. The molecule has 0 aliphatic rings. The number of nitrogens with zero attached hydrogens (tertiary/aromatic N) is 2. The average Bonchev–Trinajstić information content (AvgIpc) is 2.41. The molecule has 0 aliphatic heterocycles. The van der Waals surface area contributed by atoms with Gasteiger partial charge in [0.05, 0.1) is 12.8 Å². The van der Waals surface area contributed by atoms with Crippen LogP contribution in [0, 0.1) is 0 Å². The minimum absolute atomic E-state index is 0. The minimum atomic E-state index is -0.997. The molecular formula is C15H27LiN2O4.